The molecule has 5 heteroatoms. The summed E-state index contributed by atoms with van der Waals surface area (Å²) >= 11 is 0. The third-order valence-electron chi connectivity index (χ3n) is 1.95. The average Bonchev–Trinajstić information content (AvgIpc) is 2.49. The van der Waals surface area contributed by atoms with Gasteiger partial charge in [-0.05, 0) is 25.2 Å². The zero-order valence-electron chi connectivity index (χ0n) is 7.46. The van der Waals surface area contributed by atoms with Gasteiger partial charge >= 0.3 is 0 Å². The molecule has 0 amide bonds. The number of rotatable bonds is 2. The molecule has 0 saturated heterocycles. The van der Waals surface area contributed by atoms with Gasteiger partial charge in [-0.25, -0.2) is 0 Å². The molecule has 2 rings (SSSR count). The molecule has 1 aromatic carbocycles. The first-order valence-corrected chi connectivity index (χ1v) is 4.14. The van der Waals surface area contributed by atoms with Crippen molar-refractivity contribution >= 4 is 17.1 Å². The van der Waals surface area contributed by atoms with Crippen LogP contribution in [0.3, 0.4) is 0 Å². The molecule has 0 unspecified atom stereocenters. The number of fused-ring (bicyclic) bond motifs is 1. The van der Waals surface area contributed by atoms with Crippen molar-refractivity contribution in [3.63, 3.8) is 0 Å². The van der Waals surface area contributed by atoms with E-state index in [9.17, 15) is 0 Å². The fourth-order valence-electron chi connectivity index (χ4n) is 1.35. The summed E-state index contributed by atoms with van der Waals surface area (Å²) in [6.07, 6.45) is 0. The van der Waals surface area contributed by atoms with E-state index in [1.54, 1.807) is 0 Å². The maximum atomic E-state index is 5.69. The standard InChI is InChI=1S/C8H13N5/c1-10-5-13-8-4-6(9)2-3-7(8)11-12-13/h2-4,10-12H,5,9H2,1H3. The molecule has 0 spiro atoms. The summed E-state index contributed by atoms with van der Waals surface area (Å²) in [7, 11) is 1.89. The van der Waals surface area contributed by atoms with Crippen LogP contribution in [0.15, 0.2) is 18.2 Å². The average molecular weight is 179 g/mol. The lowest BCUT2D eigenvalue weighted by atomic mass is 10.2. The van der Waals surface area contributed by atoms with Crippen LogP contribution in [0.25, 0.3) is 0 Å². The molecule has 0 saturated carbocycles. The minimum atomic E-state index is 0.726. The SMILES string of the molecule is CNCN1NNc2ccc(N)cc21. The highest BCUT2D eigenvalue weighted by atomic mass is 15.7. The second kappa shape index (κ2) is 3.12. The Morgan fingerprint density at radius 2 is 2.38 bits per heavy atom. The second-order valence-corrected chi connectivity index (χ2v) is 2.95. The van der Waals surface area contributed by atoms with E-state index < -0.39 is 0 Å². The van der Waals surface area contributed by atoms with Crippen LogP contribution in [0.1, 0.15) is 0 Å². The van der Waals surface area contributed by atoms with Gasteiger partial charge in [0.15, 0.2) is 0 Å². The molecular weight excluding hydrogens is 166 g/mol. The summed E-state index contributed by atoms with van der Waals surface area (Å²) in [5, 5.41) is 5.00. The van der Waals surface area contributed by atoms with E-state index in [2.05, 4.69) is 16.3 Å². The third kappa shape index (κ3) is 1.39. The minimum Gasteiger partial charge on any atom is -0.399 e. The highest BCUT2D eigenvalue weighted by molar-refractivity contribution is 5.76. The Morgan fingerprint density at radius 1 is 1.54 bits per heavy atom. The molecule has 0 radical (unpaired) electrons. The van der Waals surface area contributed by atoms with Crippen LogP contribution in [-0.4, -0.2) is 13.7 Å². The number of nitrogen functional groups attached to an aromatic ring is 1. The molecule has 0 fully saturated rings. The second-order valence-electron chi connectivity index (χ2n) is 2.95. The number of hydrazine groups is 2. The van der Waals surface area contributed by atoms with Crippen LogP contribution in [0, 0.1) is 0 Å². The lowest BCUT2D eigenvalue weighted by Crippen LogP contribution is -2.41. The summed E-state index contributed by atoms with van der Waals surface area (Å²) in [5.74, 6) is 0. The monoisotopic (exact) mass is 179 g/mol. The summed E-state index contributed by atoms with van der Waals surface area (Å²) in [6.45, 7) is 0.726. The van der Waals surface area contributed by atoms with Gasteiger partial charge in [-0.3, -0.25) is 5.01 Å². The Kier molecular flexibility index (Phi) is 1.96. The van der Waals surface area contributed by atoms with E-state index in [1.807, 2.05) is 30.3 Å². The maximum Gasteiger partial charge on any atom is 0.0855 e. The Balaban J connectivity index is 2.29. The predicted octanol–water partition coefficient (Wildman–Crippen LogP) is 0.0972. The van der Waals surface area contributed by atoms with Gasteiger partial charge in [-0.2, -0.15) is 0 Å². The number of benzene rings is 1. The van der Waals surface area contributed by atoms with Crippen LogP contribution in [0.5, 0.6) is 0 Å². The largest absolute Gasteiger partial charge is 0.399 e. The van der Waals surface area contributed by atoms with Crippen molar-refractivity contribution in [3.8, 4) is 0 Å². The zero-order valence-corrected chi connectivity index (χ0v) is 7.46. The topological polar surface area (TPSA) is 65.3 Å². The number of nitrogens with zero attached hydrogens (tertiary/aromatic N) is 1. The molecular formula is C8H13N5. The van der Waals surface area contributed by atoms with Gasteiger partial charge in [-0.1, -0.05) is 0 Å². The normalized spacial score (nSPS) is 14.1. The van der Waals surface area contributed by atoms with Gasteiger partial charge in [0.1, 0.15) is 0 Å². The summed E-state index contributed by atoms with van der Waals surface area (Å²) < 4.78 is 0. The van der Waals surface area contributed by atoms with Gasteiger partial charge < -0.3 is 16.5 Å². The van der Waals surface area contributed by atoms with E-state index in [0.717, 1.165) is 23.7 Å². The molecule has 0 aromatic heterocycles. The third-order valence-corrected chi connectivity index (χ3v) is 1.95. The first-order chi connectivity index (χ1) is 6.31. The Hall–Kier alpha value is -1.46. The fraction of sp³-hybridized carbons (Fsp3) is 0.250. The number of nitrogens with one attached hydrogen (secondary N) is 3. The number of anilines is 3. The van der Waals surface area contributed by atoms with Crippen molar-refractivity contribution in [2.75, 3.05) is 29.9 Å². The molecule has 0 aliphatic carbocycles. The first-order valence-electron chi connectivity index (χ1n) is 4.14. The van der Waals surface area contributed by atoms with E-state index in [-0.39, 0.29) is 0 Å². The molecule has 70 valence electrons. The Morgan fingerprint density at radius 3 is 3.15 bits per heavy atom. The molecule has 13 heavy (non-hydrogen) atoms. The molecule has 0 atom stereocenters. The summed E-state index contributed by atoms with van der Waals surface area (Å²) in [6, 6.07) is 5.75. The van der Waals surface area contributed by atoms with Crippen molar-refractivity contribution < 1.29 is 0 Å². The fourth-order valence-corrected chi connectivity index (χ4v) is 1.35. The minimum absolute atomic E-state index is 0.726. The molecule has 1 heterocycles. The predicted molar refractivity (Wildman–Crippen MR) is 54.0 cm³/mol. The quantitative estimate of drug-likeness (QED) is 0.485. The lowest BCUT2D eigenvalue weighted by molar-refractivity contribution is 0.667. The van der Waals surface area contributed by atoms with Gasteiger partial charge in [0.2, 0.25) is 0 Å². The summed E-state index contributed by atoms with van der Waals surface area (Å²) in [4.78, 5) is 0. The van der Waals surface area contributed by atoms with Crippen LogP contribution < -0.4 is 27.0 Å². The number of hydrogen-bond acceptors (Lipinski definition) is 5. The highest BCUT2D eigenvalue weighted by Crippen LogP contribution is 2.29. The molecule has 1 aliphatic heterocycles. The van der Waals surface area contributed by atoms with Crippen molar-refractivity contribution in [1.82, 2.24) is 10.9 Å². The van der Waals surface area contributed by atoms with Crippen molar-refractivity contribution in [2.45, 2.75) is 0 Å². The molecule has 5 nitrogen and oxygen atoms in total. The van der Waals surface area contributed by atoms with E-state index >= 15 is 0 Å². The van der Waals surface area contributed by atoms with Crippen LogP contribution >= 0.6 is 0 Å². The molecule has 1 aliphatic rings. The van der Waals surface area contributed by atoms with E-state index in [1.165, 1.54) is 0 Å². The van der Waals surface area contributed by atoms with Crippen molar-refractivity contribution in [2.24, 2.45) is 0 Å². The summed E-state index contributed by atoms with van der Waals surface area (Å²) in [5.41, 5.74) is 14.6. The van der Waals surface area contributed by atoms with Crippen LogP contribution in [0.4, 0.5) is 17.1 Å². The number of hydrogen-bond donors (Lipinski definition) is 4. The van der Waals surface area contributed by atoms with Gasteiger partial charge in [0.25, 0.3) is 0 Å². The lowest BCUT2D eigenvalue weighted by Gasteiger charge is -2.16. The van der Waals surface area contributed by atoms with Gasteiger partial charge in [0.05, 0.1) is 18.0 Å². The smallest absolute Gasteiger partial charge is 0.0855 e. The maximum absolute atomic E-state index is 5.69. The van der Waals surface area contributed by atoms with Crippen LogP contribution in [-0.2, 0) is 0 Å². The first kappa shape index (κ1) is 8.15. The van der Waals surface area contributed by atoms with Crippen molar-refractivity contribution in [1.29, 1.82) is 0 Å². The van der Waals surface area contributed by atoms with Crippen LogP contribution in [0.2, 0.25) is 0 Å². The molecule has 0 bridgehead atoms. The highest BCUT2D eigenvalue weighted by Gasteiger charge is 2.16. The molecule has 5 N–H and O–H groups in total. The van der Waals surface area contributed by atoms with Gasteiger partial charge in [0, 0.05) is 5.69 Å². The molecule has 1 aromatic rings. The Labute approximate surface area is 76.8 Å². The van der Waals surface area contributed by atoms with Gasteiger partial charge in [-0.15, -0.1) is 5.53 Å². The zero-order chi connectivity index (χ0) is 9.26. The van der Waals surface area contributed by atoms with E-state index in [4.69, 9.17) is 5.73 Å². The number of nitrogens with two attached hydrogens (primary N) is 1. The van der Waals surface area contributed by atoms with E-state index in [0.29, 0.717) is 0 Å². The van der Waals surface area contributed by atoms with Crippen molar-refractivity contribution in [3.05, 3.63) is 18.2 Å². The Bertz CT molecular complexity index is 309.